The number of aromatic nitrogens is 1. The number of nitrogens with zero attached hydrogens (tertiary/aromatic N) is 1. The van der Waals surface area contributed by atoms with Crippen molar-refractivity contribution in [3.63, 3.8) is 0 Å². The first kappa shape index (κ1) is 11.4. The van der Waals surface area contributed by atoms with E-state index >= 15 is 0 Å². The van der Waals surface area contributed by atoms with E-state index in [1.165, 1.54) is 0 Å². The van der Waals surface area contributed by atoms with Gasteiger partial charge in [-0.1, -0.05) is 6.07 Å². The average molecular weight is 189 g/mol. The molecule has 0 radical (unpaired) electrons. The fraction of sp³-hybridized carbons (Fsp3) is 0.375. The summed E-state index contributed by atoms with van der Waals surface area (Å²) in [5.41, 5.74) is 6.52. The molecule has 3 N–H and O–H groups in total. The van der Waals surface area contributed by atoms with E-state index in [1.807, 2.05) is 18.2 Å². The van der Waals surface area contributed by atoms with Crippen LogP contribution in [0.3, 0.4) is 0 Å². The van der Waals surface area contributed by atoms with Crippen LogP contribution in [-0.4, -0.2) is 16.7 Å². The maximum absolute atomic E-state index is 8.59. The minimum atomic E-state index is -0.138. The van der Waals surface area contributed by atoms with Crippen LogP contribution in [0.2, 0.25) is 0 Å². The monoisotopic (exact) mass is 188 g/mol. The fourth-order valence-corrected chi connectivity index (χ4v) is 0.882. The quantitative estimate of drug-likeness (QED) is 0.741. The highest BCUT2D eigenvalue weighted by Crippen LogP contribution is 2.08. The summed E-state index contributed by atoms with van der Waals surface area (Å²) >= 11 is 0. The van der Waals surface area contributed by atoms with Gasteiger partial charge < -0.3 is 10.8 Å². The van der Waals surface area contributed by atoms with E-state index in [0.717, 1.165) is 5.69 Å². The van der Waals surface area contributed by atoms with Crippen LogP contribution in [-0.2, 0) is 0 Å². The summed E-state index contributed by atoms with van der Waals surface area (Å²) in [7, 11) is 0. The van der Waals surface area contributed by atoms with E-state index < -0.39 is 0 Å². The van der Waals surface area contributed by atoms with E-state index in [-0.39, 0.29) is 25.1 Å². The predicted molar refractivity (Wildman–Crippen MR) is 50.1 cm³/mol. The topological polar surface area (TPSA) is 59.1 Å². The van der Waals surface area contributed by atoms with Crippen molar-refractivity contribution in [1.82, 2.24) is 4.98 Å². The number of hydrogen-bond donors (Lipinski definition) is 2. The lowest BCUT2D eigenvalue weighted by Crippen LogP contribution is -2.13. The molecule has 1 rings (SSSR count). The standard InChI is InChI=1S/C8H12N2O.ClH/c9-7(4-6-11)8-3-1-2-5-10-8;/h1-3,5,7,11H,4,6,9H2;1H/t7-;/m0./s1. The zero-order valence-electron chi connectivity index (χ0n) is 6.68. The highest BCUT2D eigenvalue weighted by Gasteiger charge is 2.03. The second-order valence-corrected chi connectivity index (χ2v) is 2.37. The van der Waals surface area contributed by atoms with E-state index in [4.69, 9.17) is 10.8 Å². The number of pyridine rings is 1. The summed E-state index contributed by atoms with van der Waals surface area (Å²) in [6, 6.07) is 5.45. The first-order valence-corrected chi connectivity index (χ1v) is 3.62. The van der Waals surface area contributed by atoms with Gasteiger partial charge in [0, 0.05) is 18.8 Å². The summed E-state index contributed by atoms with van der Waals surface area (Å²) in [5, 5.41) is 8.59. The first-order chi connectivity index (χ1) is 5.34. The van der Waals surface area contributed by atoms with Crippen molar-refractivity contribution in [1.29, 1.82) is 0 Å². The van der Waals surface area contributed by atoms with E-state index in [9.17, 15) is 0 Å². The van der Waals surface area contributed by atoms with Crippen molar-refractivity contribution in [2.75, 3.05) is 6.61 Å². The summed E-state index contributed by atoms with van der Waals surface area (Å²) < 4.78 is 0. The van der Waals surface area contributed by atoms with Gasteiger partial charge in [-0.05, 0) is 18.6 Å². The molecule has 0 saturated carbocycles. The third kappa shape index (κ3) is 3.17. The molecule has 0 saturated heterocycles. The van der Waals surface area contributed by atoms with Crippen LogP contribution in [0.1, 0.15) is 18.2 Å². The normalized spacial score (nSPS) is 11.8. The van der Waals surface area contributed by atoms with Gasteiger partial charge in [0.2, 0.25) is 0 Å². The molecular weight excluding hydrogens is 176 g/mol. The van der Waals surface area contributed by atoms with Crippen LogP contribution in [0.4, 0.5) is 0 Å². The third-order valence-corrected chi connectivity index (χ3v) is 1.51. The Labute approximate surface area is 78.0 Å². The molecule has 0 amide bonds. The molecule has 0 fully saturated rings. The summed E-state index contributed by atoms with van der Waals surface area (Å²) in [4.78, 5) is 4.06. The smallest absolute Gasteiger partial charge is 0.0571 e. The van der Waals surface area contributed by atoms with E-state index in [0.29, 0.717) is 6.42 Å². The number of aliphatic hydroxyl groups excluding tert-OH is 1. The van der Waals surface area contributed by atoms with Gasteiger partial charge in [-0.3, -0.25) is 4.98 Å². The van der Waals surface area contributed by atoms with Crippen molar-refractivity contribution in [3.8, 4) is 0 Å². The Kier molecular flexibility index (Phi) is 5.62. The van der Waals surface area contributed by atoms with E-state index in [1.54, 1.807) is 6.20 Å². The van der Waals surface area contributed by atoms with Gasteiger partial charge in [0.1, 0.15) is 0 Å². The Morgan fingerprint density at radius 2 is 2.25 bits per heavy atom. The zero-order chi connectivity index (χ0) is 8.10. The number of nitrogens with two attached hydrogens (primary N) is 1. The highest BCUT2D eigenvalue weighted by atomic mass is 35.5. The number of rotatable bonds is 3. The molecular formula is C8H13ClN2O. The molecule has 0 aliphatic rings. The maximum Gasteiger partial charge on any atom is 0.0571 e. The predicted octanol–water partition coefficient (Wildman–Crippen LogP) is 0.886. The lowest BCUT2D eigenvalue weighted by Gasteiger charge is -2.07. The van der Waals surface area contributed by atoms with Gasteiger partial charge in [-0.2, -0.15) is 0 Å². The lowest BCUT2D eigenvalue weighted by atomic mass is 10.1. The van der Waals surface area contributed by atoms with Crippen LogP contribution in [0.25, 0.3) is 0 Å². The Bertz CT molecular complexity index is 205. The molecule has 4 heteroatoms. The Hall–Kier alpha value is -0.640. The largest absolute Gasteiger partial charge is 0.396 e. The minimum absolute atomic E-state index is 0. The highest BCUT2D eigenvalue weighted by molar-refractivity contribution is 5.85. The molecule has 68 valence electrons. The molecule has 1 atom stereocenters. The SMILES string of the molecule is Cl.N[C@@H](CCO)c1ccccn1. The Morgan fingerprint density at radius 1 is 1.50 bits per heavy atom. The van der Waals surface area contributed by atoms with Crippen molar-refractivity contribution in [2.45, 2.75) is 12.5 Å². The molecule has 0 bridgehead atoms. The molecule has 3 nitrogen and oxygen atoms in total. The number of aliphatic hydroxyl groups is 1. The van der Waals surface area contributed by atoms with Crippen LogP contribution < -0.4 is 5.73 Å². The molecule has 1 heterocycles. The molecule has 12 heavy (non-hydrogen) atoms. The van der Waals surface area contributed by atoms with Gasteiger partial charge in [-0.25, -0.2) is 0 Å². The lowest BCUT2D eigenvalue weighted by molar-refractivity contribution is 0.275. The third-order valence-electron chi connectivity index (χ3n) is 1.51. The molecule has 1 aromatic heterocycles. The second-order valence-electron chi connectivity index (χ2n) is 2.37. The molecule has 0 aliphatic heterocycles. The van der Waals surface area contributed by atoms with Crippen LogP contribution in [0, 0.1) is 0 Å². The van der Waals surface area contributed by atoms with Gasteiger partial charge in [0.15, 0.2) is 0 Å². The summed E-state index contributed by atoms with van der Waals surface area (Å²) in [6.45, 7) is 0.109. The molecule has 0 spiro atoms. The van der Waals surface area contributed by atoms with Crippen molar-refractivity contribution >= 4 is 12.4 Å². The first-order valence-electron chi connectivity index (χ1n) is 3.62. The van der Waals surface area contributed by atoms with Gasteiger partial charge in [-0.15, -0.1) is 12.4 Å². The second kappa shape index (κ2) is 5.94. The van der Waals surface area contributed by atoms with E-state index in [2.05, 4.69) is 4.98 Å². The molecule has 0 aromatic carbocycles. The van der Waals surface area contributed by atoms with Crippen molar-refractivity contribution in [2.24, 2.45) is 5.73 Å². The summed E-state index contributed by atoms with van der Waals surface area (Å²) in [5.74, 6) is 0. The maximum atomic E-state index is 8.59. The Balaban J connectivity index is 0.00000121. The van der Waals surface area contributed by atoms with Crippen molar-refractivity contribution < 1.29 is 5.11 Å². The minimum Gasteiger partial charge on any atom is -0.396 e. The van der Waals surface area contributed by atoms with Gasteiger partial charge in [0.05, 0.1) is 5.69 Å². The Morgan fingerprint density at radius 3 is 2.75 bits per heavy atom. The number of halogens is 1. The van der Waals surface area contributed by atoms with Gasteiger partial charge >= 0.3 is 0 Å². The van der Waals surface area contributed by atoms with Crippen LogP contribution in [0.5, 0.6) is 0 Å². The fourth-order valence-electron chi connectivity index (χ4n) is 0.882. The van der Waals surface area contributed by atoms with Crippen LogP contribution in [0.15, 0.2) is 24.4 Å². The average Bonchev–Trinajstić information content (AvgIpc) is 2.07. The summed E-state index contributed by atoms with van der Waals surface area (Å²) in [6.07, 6.45) is 2.27. The number of hydrogen-bond acceptors (Lipinski definition) is 3. The van der Waals surface area contributed by atoms with Gasteiger partial charge in [0.25, 0.3) is 0 Å². The van der Waals surface area contributed by atoms with Crippen molar-refractivity contribution in [3.05, 3.63) is 30.1 Å². The van der Waals surface area contributed by atoms with Crippen LogP contribution >= 0.6 is 12.4 Å². The molecule has 0 aliphatic carbocycles. The molecule has 1 aromatic rings. The molecule has 0 unspecified atom stereocenters. The zero-order valence-corrected chi connectivity index (χ0v) is 7.50.